The van der Waals surface area contributed by atoms with E-state index in [2.05, 4.69) is 0 Å². The first-order chi connectivity index (χ1) is 11.7. The number of ether oxygens (including phenoxy) is 3. The molecule has 124 valence electrons. The summed E-state index contributed by atoms with van der Waals surface area (Å²) in [4.78, 5) is 25.0. The number of benzene rings is 2. The molecule has 1 heterocycles. The Kier molecular flexibility index (Phi) is 4.65. The van der Waals surface area contributed by atoms with Crippen LogP contribution in [0, 0.1) is 0 Å². The van der Waals surface area contributed by atoms with E-state index in [0.29, 0.717) is 34.9 Å². The summed E-state index contributed by atoms with van der Waals surface area (Å²) in [5.74, 6) is 1.37. The number of hydrogen-bond acceptors (Lipinski definition) is 5. The van der Waals surface area contributed by atoms with Crippen molar-refractivity contribution in [2.24, 2.45) is 0 Å². The second-order valence-electron chi connectivity index (χ2n) is 5.18. The van der Waals surface area contributed by atoms with Gasteiger partial charge in [0.05, 0.1) is 24.8 Å². The fourth-order valence-corrected chi connectivity index (χ4v) is 2.51. The molecule has 1 aliphatic rings. The van der Waals surface area contributed by atoms with E-state index in [4.69, 9.17) is 14.2 Å². The Bertz CT molecular complexity index is 759. The van der Waals surface area contributed by atoms with E-state index < -0.39 is 0 Å². The summed E-state index contributed by atoms with van der Waals surface area (Å²) in [5, 5.41) is 0. The van der Waals surface area contributed by atoms with Gasteiger partial charge >= 0.3 is 0 Å². The highest BCUT2D eigenvalue weighted by atomic mass is 16.5. The monoisotopic (exact) mass is 327 g/mol. The zero-order valence-corrected chi connectivity index (χ0v) is 13.2. The fraction of sp³-hybridized carbons (Fsp3) is 0.222. The smallest absolute Gasteiger partial charge is 0.260 e. The van der Waals surface area contributed by atoms with Crippen molar-refractivity contribution in [3.8, 4) is 17.2 Å². The van der Waals surface area contributed by atoms with Crippen molar-refractivity contribution in [3.05, 3.63) is 53.6 Å². The first kappa shape index (κ1) is 15.9. The average Bonchev–Trinajstić information content (AvgIpc) is 2.63. The third-order valence-electron chi connectivity index (χ3n) is 3.75. The number of aldehydes is 1. The lowest BCUT2D eigenvalue weighted by Crippen LogP contribution is -2.41. The standard InChI is InChI=1S/C18H17NO5/c1-22-16-8-4-6-14-17(16)24-12-19(18(14)21)9-10-23-15-7-3-2-5-13(15)11-20/h2-8,11H,9-10,12H2,1H3. The fourth-order valence-electron chi connectivity index (χ4n) is 2.51. The second kappa shape index (κ2) is 7.04. The predicted octanol–water partition coefficient (Wildman–Crippen LogP) is 2.38. The molecule has 0 fully saturated rings. The van der Waals surface area contributed by atoms with Gasteiger partial charge in [0.25, 0.3) is 5.91 Å². The van der Waals surface area contributed by atoms with E-state index in [1.54, 1.807) is 47.4 Å². The molecule has 0 radical (unpaired) electrons. The van der Waals surface area contributed by atoms with Gasteiger partial charge in [0.15, 0.2) is 24.5 Å². The van der Waals surface area contributed by atoms with Crippen LogP contribution in [0.15, 0.2) is 42.5 Å². The molecule has 0 bridgehead atoms. The van der Waals surface area contributed by atoms with Gasteiger partial charge in [0.2, 0.25) is 0 Å². The van der Waals surface area contributed by atoms with Crippen LogP contribution in [0.1, 0.15) is 20.7 Å². The summed E-state index contributed by atoms with van der Waals surface area (Å²) in [6.07, 6.45) is 0.743. The molecule has 2 aromatic carbocycles. The highest BCUT2D eigenvalue weighted by Gasteiger charge is 2.27. The van der Waals surface area contributed by atoms with Crippen LogP contribution < -0.4 is 14.2 Å². The molecule has 0 aromatic heterocycles. The number of hydrogen-bond donors (Lipinski definition) is 0. The van der Waals surface area contributed by atoms with Crippen LogP contribution in [0.3, 0.4) is 0 Å². The number of carbonyl (C=O) groups is 2. The van der Waals surface area contributed by atoms with Gasteiger partial charge < -0.3 is 19.1 Å². The molecule has 0 saturated carbocycles. The van der Waals surface area contributed by atoms with E-state index in [1.807, 2.05) is 0 Å². The number of nitrogens with zero attached hydrogens (tertiary/aromatic N) is 1. The van der Waals surface area contributed by atoms with Crippen molar-refractivity contribution >= 4 is 12.2 Å². The Balaban J connectivity index is 1.65. The lowest BCUT2D eigenvalue weighted by atomic mass is 10.1. The molecule has 6 heteroatoms. The van der Waals surface area contributed by atoms with Crippen LogP contribution in [0.5, 0.6) is 17.2 Å². The largest absolute Gasteiger partial charge is 0.493 e. The Morgan fingerprint density at radius 1 is 1.17 bits per heavy atom. The molecule has 1 aliphatic heterocycles. The molecule has 0 spiro atoms. The lowest BCUT2D eigenvalue weighted by molar-refractivity contribution is 0.0473. The Morgan fingerprint density at radius 3 is 2.75 bits per heavy atom. The van der Waals surface area contributed by atoms with Gasteiger partial charge in [-0.3, -0.25) is 9.59 Å². The lowest BCUT2D eigenvalue weighted by Gasteiger charge is -2.29. The summed E-state index contributed by atoms with van der Waals surface area (Å²) < 4.78 is 16.5. The van der Waals surface area contributed by atoms with Crippen molar-refractivity contribution in [3.63, 3.8) is 0 Å². The van der Waals surface area contributed by atoms with Gasteiger partial charge in [-0.25, -0.2) is 0 Å². The summed E-state index contributed by atoms with van der Waals surface area (Å²) in [5.41, 5.74) is 0.947. The Labute approximate surface area is 139 Å². The van der Waals surface area contributed by atoms with Gasteiger partial charge in [-0.05, 0) is 24.3 Å². The highest BCUT2D eigenvalue weighted by molar-refractivity contribution is 5.98. The van der Waals surface area contributed by atoms with Crippen molar-refractivity contribution in [1.82, 2.24) is 4.90 Å². The van der Waals surface area contributed by atoms with E-state index >= 15 is 0 Å². The van der Waals surface area contributed by atoms with Crippen LogP contribution in [0.4, 0.5) is 0 Å². The molecular weight excluding hydrogens is 310 g/mol. The van der Waals surface area contributed by atoms with Gasteiger partial charge in [-0.15, -0.1) is 0 Å². The third kappa shape index (κ3) is 3.03. The maximum atomic E-state index is 12.5. The van der Waals surface area contributed by atoms with Gasteiger partial charge in [0.1, 0.15) is 12.4 Å². The summed E-state index contributed by atoms with van der Waals surface area (Å²) in [7, 11) is 1.54. The third-order valence-corrected chi connectivity index (χ3v) is 3.75. The second-order valence-corrected chi connectivity index (χ2v) is 5.18. The summed E-state index contributed by atoms with van der Waals surface area (Å²) in [6.45, 7) is 0.743. The number of methoxy groups -OCH3 is 1. The minimum Gasteiger partial charge on any atom is -0.493 e. The first-order valence-electron chi connectivity index (χ1n) is 7.50. The molecule has 0 atom stereocenters. The van der Waals surface area contributed by atoms with Crippen LogP contribution in [0.25, 0.3) is 0 Å². The number of fused-ring (bicyclic) bond motifs is 1. The number of para-hydroxylation sites is 2. The van der Waals surface area contributed by atoms with E-state index in [9.17, 15) is 9.59 Å². The minimum absolute atomic E-state index is 0.130. The maximum Gasteiger partial charge on any atom is 0.260 e. The molecule has 0 aliphatic carbocycles. The highest BCUT2D eigenvalue weighted by Crippen LogP contribution is 2.34. The molecular formula is C18H17NO5. The average molecular weight is 327 g/mol. The van der Waals surface area contributed by atoms with Gasteiger partial charge in [-0.1, -0.05) is 18.2 Å². The van der Waals surface area contributed by atoms with E-state index in [0.717, 1.165) is 6.29 Å². The zero-order valence-electron chi connectivity index (χ0n) is 13.2. The normalized spacial score (nSPS) is 13.0. The van der Waals surface area contributed by atoms with Crippen LogP contribution in [0.2, 0.25) is 0 Å². The Morgan fingerprint density at radius 2 is 1.96 bits per heavy atom. The molecule has 0 saturated heterocycles. The molecule has 0 unspecified atom stereocenters. The molecule has 0 N–H and O–H groups in total. The molecule has 6 nitrogen and oxygen atoms in total. The first-order valence-corrected chi connectivity index (χ1v) is 7.50. The van der Waals surface area contributed by atoms with Gasteiger partial charge in [0, 0.05) is 0 Å². The van der Waals surface area contributed by atoms with Crippen molar-refractivity contribution in [2.45, 2.75) is 0 Å². The Hall–Kier alpha value is -3.02. The quantitative estimate of drug-likeness (QED) is 0.762. The predicted molar refractivity (Wildman–Crippen MR) is 86.9 cm³/mol. The van der Waals surface area contributed by atoms with Crippen LogP contribution in [-0.2, 0) is 0 Å². The topological polar surface area (TPSA) is 65.1 Å². The maximum absolute atomic E-state index is 12.5. The van der Waals surface area contributed by atoms with Crippen molar-refractivity contribution in [2.75, 3.05) is 27.0 Å². The van der Waals surface area contributed by atoms with E-state index in [1.165, 1.54) is 7.11 Å². The molecule has 2 aromatic rings. The molecule has 24 heavy (non-hydrogen) atoms. The molecule has 3 rings (SSSR count). The van der Waals surface area contributed by atoms with Crippen molar-refractivity contribution < 1.29 is 23.8 Å². The van der Waals surface area contributed by atoms with Crippen LogP contribution >= 0.6 is 0 Å². The zero-order chi connectivity index (χ0) is 16.9. The summed E-state index contributed by atoms with van der Waals surface area (Å²) >= 11 is 0. The summed E-state index contributed by atoms with van der Waals surface area (Å²) in [6, 6.07) is 12.2. The van der Waals surface area contributed by atoms with Gasteiger partial charge in [-0.2, -0.15) is 0 Å². The molecule has 1 amide bonds. The van der Waals surface area contributed by atoms with Crippen molar-refractivity contribution in [1.29, 1.82) is 0 Å². The number of rotatable bonds is 6. The SMILES string of the molecule is COc1cccc2c1OCN(CCOc1ccccc1C=O)C2=O. The minimum atomic E-state index is -0.137. The van der Waals surface area contributed by atoms with E-state index in [-0.39, 0.29) is 19.2 Å². The number of amides is 1. The van der Waals surface area contributed by atoms with Crippen LogP contribution in [-0.4, -0.2) is 44.1 Å². The number of carbonyl (C=O) groups excluding carboxylic acids is 2.